The van der Waals surface area contributed by atoms with E-state index in [1.54, 1.807) is 7.11 Å². The molecule has 1 aromatic carbocycles. The molecule has 6 heteroatoms. The molecule has 1 aromatic rings. The average Bonchev–Trinajstić information content (AvgIpc) is 2.46. The van der Waals surface area contributed by atoms with Crippen LogP contribution < -0.4 is 4.31 Å². The highest BCUT2D eigenvalue weighted by molar-refractivity contribution is 7.92. The molecule has 0 bridgehead atoms. The van der Waals surface area contributed by atoms with Gasteiger partial charge in [0, 0.05) is 13.7 Å². The molecule has 1 aliphatic rings. The zero-order valence-corrected chi connectivity index (χ0v) is 13.4. The molecule has 0 spiro atoms. The van der Waals surface area contributed by atoms with E-state index < -0.39 is 10.0 Å². The van der Waals surface area contributed by atoms with Gasteiger partial charge in [0.25, 0.3) is 0 Å². The maximum absolute atomic E-state index is 12.5. The van der Waals surface area contributed by atoms with Gasteiger partial charge < -0.3 is 9.47 Å². The maximum Gasteiger partial charge on any atom is 0.237 e. The lowest BCUT2D eigenvalue weighted by Crippen LogP contribution is -2.41. The summed E-state index contributed by atoms with van der Waals surface area (Å²) in [5, 5.41) is 0. The van der Waals surface area contributed by atoms with Crippen molar-refractivity contribution in [2.24, 2.45) is 5.92 Å². The minimum Gasteiger partial charge on any atom is -0.382 e. The average molecular weight is 313 g/mol. The minimum atomic E-state index is -3.35. The Labute approximate surface area is 126 Å². The monoisotopic (exact) mass is 313 g/mol. The number of para-hydroxylation sites is 1. The number of methoxy groups -OCH3 is 1. The Kier molecular flexibility index (Phi) is 5.61. The highest BCUT2D eigenvalue weighted by atomic mass is 32.2. The van der Waals surface area contributed by atoms with Crippen molar-refractivity contribution in [1.82, 2.24) is 0 Å². The summed E-state index contributed by atoms with van der Waals surface area (Å²) in [6.07, 6.45) is 0.923. The first-order valence-corrected chi connectivity index (χ1v) is 8.80. The van der Waals surface area contributed by atoms with Crippen LogP contribution in [-0.4, -0.2) is 47.6 Å². The molecule has 118 valence electrons. The molecule has 0 saturated carbocycles. The number of sulfonamides is 1. The van der Waals surface area contributed by atoms with Crippen molar-refractivity contribution < 1.29 is 17.9 Å². The van der Waals surface area contributed by atoms with Crippen LogP contribution in [-0.2, 0) is 25.9 Å². The normalized spacial score (nSPS) is 18.6. The Hall–Kier alpha value is -1.11. The molecule has 1 atom stereocenters. The summed E-state index contributed by atoms with van der Waals surface area (Å²) in [5.41, 5.74) is 1.91. The van der Waals surface area contributed by atoms with E-state index in [9.17, 15) is 8.42 Å². The van der Waals surface area contributed by atoms with Gasteiger partial charge in [-0.05, 0) is 24.0 Å². The largest absolute Gasteiger partial charge is 0.382 e. The zero-order chi connectivity index (χ0) is 15.3. The standard InChI is InChI=1S/C15H23NO4S/c1-13-11-14-5-3-4-6-15(14)16(12-13)21(17,18)10-9-20-8-7-19-2/h3-6,13H,7-12H2,1-2H3. The molecular weight excluding hydrogens is 290 g/mol. The first kappa shape index (κ1) is 16.3. The second-order valence-corrected chi connectivity index (χ2v) is 7.40. The molecular formula is C15H23NO4S. The van der Waals surface area contributed by atoms with Crippen molar-refractivity contribution in [3.05, 3.63) is 29.8 Å². The van der Waals surface area contributed by atoms with Crippen LogP contribution in [0.5, 0.6) is 0 Å². The van der Waals surface area contributed by atoms with E-state index in [1.165, 1.54) is 4.31 Å². The Morgan fingerprint density at radius 2 is 2.00 bits per heavy atom. The summed E-state index contributed by atoms with van der Waals surface area (Å²) in [6, 6.07) is 7.72. The van der Waals surface area contributed by atoms with E-state index >= 15 is 0 Å². The van der Waals surface area contributed by atoms with Gasteiger partial charge in [-0.1, -0.05) is 25.1 Å². The maximum atomic E-state index is 12.5. The number of rotatable bonds is 7. The van der Waals surface area contributed by atoms with Gasteiger partial charge in [-0.3, -0.25) is 4.31 Å². The molecule has 0 amide bonds. The Morgan fingerprint density at radius 3 is 2.76 bits per heavy atom. The molecule has 2 rings (SSSR count). The van der Waals surface area contributed by atoms with E-state index in [1.807, 2.05) is 24.3 Å². The van der Waals surface area contributed by atoms with Gasteiger partial charge in [-0.15, -0.1) is 0 Å². The summed E-state index contributed by atoms with van der Waals surface area (Å²) in [7, 11) is -1.76. The van der Waals surface area contributed by atoms with Gasteiger partial charge in [0.05, 0.1) is 31.3 Å². The van der Waals surface area contributed by atoms with Crippen LogP contribution in [0.4, 0.5) is 5.69 Å². The number of benzene rings is 1. The number of anilines is 1. The minimum absolute atomic E-state index is 0.00221. The molecule has 0 radical (unpaired) electrons. The first-order chi connectivity index (χ1) is 10.0. The second kappa shape index (κ2) is 7.24. The van der Waals surface area contributed by atoms with Crippen LogP contribution in [0.25, 0.3) is 0 Å². The number of hydrogen-bond donors (Lipinski definition) is 0. The SMILES string of the molecule is COCCOCCS(=O)(=O)N1CC(C)Cc2ccccc21. The Morgan fingerprint density at radius 1 is 1.24 bits per heavy atom. The lowest BCUT2D eigenvalue weighted by Gasteiger charge is -2.33. The van der Waals surface area contributed by atoms with Crippen LogP contribution in [0.3, 0.4) is 0 Å². The van der Waals surface area contributed by atoms with Gasteiger partial charge in [-0.25, -0.2) is 8.42 Å². The second-order valence-electron chi connectivity index (χ2n) is 5.39. The van der Waals surface area contributed by atoms with Crippen molar-refractivity contribution in [3.8, 4) is 0 Å². The molecule has 21 heavy (non-hydrogen) atoms. The van der Waals surface area contributed by atoms with Gasteiger partial charge in [0.2, 0.25) is 10.0 Å². The summed E-state index contributed by atoms with van der Waals surface area (Å²) < 4.78 is 36.8. The van der Waals surface area contributed by atoms with Crippen LogP contribution >= 0.6 is 0 Å². The zero-order valence-electron chi connectivity index (χ0n) is 12.6. The Bertz CT molecular complexity index is 559. The van der Waals surface area contributed by atoms with Crippen molar-refractivity contribution in [3.63, 3.8) is 0 Å². The first-order valence-electron chi connectivity index (χ1n) is 7.19. The van der Waals surface area contributed by atoms with Gasteiger partial charge in [0.1, 0.15) is 0 Å². The van der Waals surface area contributed by atoms with Crippen molar-refractivity contribution in [2.75, 3.05) is 43.5 Å². The van der Waals surface area contributed by atoms with Crippen molar-refractivity contribution >= 4 is 15.7 Å². The van der Waals surface area contributed by atoms with E-state index in [0.717, 1.165) is 17.7 Å². The summed E-state index contributed by atoms with van der Waals surface area (Å²) in [6.45, 7) is 3.70. The molecule has 0 aromatic heterocycles. The van der Waals surface area contributed by atoms with Crippen molar-refractivity contribution in [1.29, 1.82) is 0 Å². The van der Waals surface area contributed by atoms with Crippen LogP contribution in [0.15, 0.2) is 24.3 Å². The van der Waals surface area contributed by atoms with Gasteiger partial charge >= 0.3 is 0 Å². The summed E-state index contributed by atoms with van der Waals surface area (Å²) >= 11 is 0. The molecule has 5 nitrogen and oxygen atoms in total. The van der Waals surface area contributed by atoms with Crippen molar-refractivity contribution in [2.45, 2.75) is 13.3 Å². The fraction of sp³-hybridized carbons (Fsp3) is 0.600. The van der Waals surface area contributed by atoms with E-state index in [4.69, 9.17) is 9.47 Å². The molecule has 0 aliphatic carbocycles. The third kappa shape index (κ3) is 4.18. The molecule has 0 fully saturated rings. The molecule has 1 heterocycles. The highest BCUT2D eigenvalue weighted by Gasteiger charge is 2.29. The summed E-state index contributed by atoms with van der Waals surface area (Å²) in [5.74, 6) is 0.321. The van der Waals surface area contributed by atoms with Gasteiger partial charge in [0.15, 0.2) is 0 Å². The smallest absolute Gasteiger partial charge is 0.237 e. The number of fused-ring (bicyclic) bond motifs is 1. The van der Waals surface area contributed by atoms with Crippen LogP contribution in [0.1, 0.15) is 12.5 Å². The molecule has 0 N–H and O–H groups in total. The van der Waals surface area contributed by atoms with Gasteiger partial charge in [-0.2, -0.15) is 0 Å². The lowest BCUT2D eigenvalue weighted by atomic mass is 9.96. The van der Waals surface area contributed by atoms with Crippen LogP contribution in [0, 0.1) is 5.92 Å². The van der Waals surface area contributed by atoms with Crippen LogP contribution in [0.2, 0.25) is 0 Å². The summed E-state index contributed by atoms with van der Waals surface area (Å²) in [4.78, 5) is 0. The topological polar surface area (TPSA) is 55.8 Å². The number of nitrogens with zero attached hydrogens (tertiary/aromatic N) is 1. The predicted molar refractivity (Wildman–Crippen MR) is 83.1 cm³/mol. The third-order valence-electron chi connectivity index (χ3n) is 3.56. The quantitative estimate of drug-likeness (QED) is 0.719. The fourth-order valence-corrected chi connectivity index (χ4v) is 4.04. The number of ether oxygens (including phenoxy) is 2. The molecule has 0 saturated heterocycles. The van der Waals surface area contributed by atoms with E-state index in [2.05, 4.69) is 6.92 Å². The lowest BCUT2D eigenvalue weighted by molar-refractivity contribution is 0.0785. The Balaban J connectivity index is 2.06. The van der Waals surface area contributed by atoms with E-state index in [0.29, 0.717) is 25.7 Å². The predicted octanol–water partition coefficient (Wildman–Crippen LogP) is 1.68. The van der Waals surface area contributed by atoms with E-state index in [-0.39, 0.29) is 12.4 Å². The highest BCUT2D eigenvalue weighted by Crippen LogP contribution is 2.31. The molecule has 1 unspecified atom stereocenters. The molecule has 1 aliphatic heterocycles. The third-order valence-corrected chi connectivity index (χ3v) is 5.26. The number of hydrogen-bond acceptors (Lipinski definition) is 4. The fourth-order valence-electron chi connectivity index (χ4n) is 2.53.